The van der Waals surface area contributed by atoms with Crippen molar-refractivity contribution in [2.24, 2.45) is 0 Å². The van der Waals surface area contributed by atoms with E-state index in [1.807, 2.05) is 30.3 Å². The lowest BCUT2D eigenvalue weighted by Crippen LogP contribution is -2.44. The molecule has 0 radical (unpaired) electrons. The molecule has 138 valence electrons. The number of hydrogen-bond donors (Lipinski definition) is 1. The summed E-state index contributed by atoms with van der Waals surface area (Å²) in [5.41, 5.74) is 0.570. The van der Waals surface area contributed by atoms with E-state index in [2.05, 4.69) is 5.32 Å². The second-order valence-electron chi connectivity index (χ2n) is 6.26. The molecule has 6 nitrogen and oxygen atoms in total. The Morgan fingerprint density at radius 3 is 2.46 bits per heavy atom. The van der Waals surface area contributed by atoms with Crippen LogP contribution in [0.15, 0.2) is 59.5 Å². The maximum atomic E-state index is 12.9. The lowest BCUT2D eigenvalue weighted by Gasteiger charge is -2.32. The normalized spacial score (nSPS) is 18.3. The van der Waals surface area contributed by atoms with Crippen LogP contribution in [0.1, 0.15) is 19.8 Å². The fourth-order valence-electron chi connectivity index (χ4n) is 2.97. The first-order chi connectivity index (χ1) is 12.4. The van der Waals surface area contributed by atoms with Gasteiger partial charge in [-0.05, 0) is 49.2 Å². The molecule has 1 amide bonds. The smallest absolute Gasteiger partial charge is 0.243 e. The van der Waals surface area contributed by atoms with Crippen molar-refractivity contribution in [1.29, 1.82) is 0 Å². The van der Waals surface area contributed by atoms with Gasteiger partial charge in [-0.25, -0.2) is 8.42 Å². The number of nitrogens with one attached hydrogen (secondary N) is 1. The van der Waals surface area contributed by atoms with Gasteiger partial charge in [0.25, 0.3) is 0 Å². The fourth-order valence-corrected chi connectivity index (χ4v) is 4.48. The lowest BCUT2D eigenvalue weighted by molar-refractivity contribution is -0.114. The van der Waals surface area contributed by atoms with E-state index >= 15 is 0 Å². The Hall–Kier alpha value is -2.38. The molecule has 0 bridgehead atoms. The summed E-state index contributed by atoms with van der Waals surface area (Å²) in [6.45, 7) is 2.21. The minimum atomic E-state index is -3.59. The predicted molar refractivity (Wildman–Crippen MR) is 99.6 cm³/mol. The zero-order chi connectivity index (χ0) is 18.6. The van der Waals surface area contributed by atoms with Crippen LogP contribution in [0.4, 0.5) is 5.69 Å². The van der Waals surface area contributed by atoms with Crippen LogP contribution in [0.5, 0.6) is 5.75 Å². The molecule has 0 saturated carbocycles. The van der Waals surface area contributed by atoms with Crippen LogP contribution in [0, 0.1) is 0 Å². The number of ether oxygens (including phenoxy) is 1. The number of nitrogens with zero attached hydrogens (tertiary/aromatic N) is 1. The van der Waals surface area contributed by atoms with Crippen LogP contribution in [0.2, 0.25) is 0 Å². The average molecular weight is 374 g/mol. The molecular weight excluding hydrogens is 352 g/mol. The highest BCUT2D eigenvalue weighted by Gasteiger charge is 2.31. The number of piperidine rings is 1. The molecule has 2 aromatic rings. The molecule has 0 spiro atoms. The Kier molecular flexibility index (Phi) is 5.58. The van der Waals surface area contributed by atoms with Gasteiger partial charge in [0.2, 0.25) is 15.9 Å². The minimum Gasteiger partial charge on any atom is -0.489 e. The molecule has 1 saturated heterocycles. The summed E-state index contributed by atoms with van der Waals surface area (Å²) in [6.07, 6.45) is 1.41. The van der Waals surface area contributed by atoms with Gasteiger partial charge < -0.3 is 10.1 Å². The molecule has 0 aromatic heterocycles. The largest absolute Gasteiger partial charge is 0.489 e. The van der Waals surface area contributed by atoms with E-state index in [-0.39, 0.29) is 16.9 Å². The molecule has 1 N–H and O–H groups in total. The van der Waals surface area contributed by atoms with Crippen molar-refractivity contribution >= 4 is 21.6 Å². The van der Waals surface area contributed by atoms with Crippen LogP contribution in [0.3, 0.4) is 0 Å². The Balaban J connectivity index is 1.71. The maximum absolute atomic E-state index is 12.9. The predicted octanol–water partition coefficient (Wildman–Crippen LogP) is 2.88. The van der Waals surface area contributed by atoms with E-state index in [9.17, 15) is 13.2 Å². The topological polar surface area (TPSA) is 75.7 Å². The Morgan fingerprint density at radius 1 is 1.12 bits per heavy atom. The lowest BCUT2D eigenvalue weighted by atomic mass is 10.1. The number of para-hydroxylation sites is 1. The van der Waals surface area contributed by atoms with Crippen LogP contribution in [0.25, 0.3) is 0 Å². The van der Waals surface area contributed by atoms with E-state index in [1.54, 1.807) is 12.1 Å². The summed E-state index contributed by atoms with van der Waals surface area (Å²) < 4.78 is 33.2. The molecule has 1 aliphatic rings. The molecule has 2 aromatic carbocycles. The number of benzene rings is 2. The number of carbonyl (C=O) groups is 1. The van der Waals surface area contributed by atoms with Crippen LogP contribution in [-0.2, 0) is 14.8 Å². The molecule has 26 heavy (non-hydrogen) atoms. The molecule has 7 heteroatoms. The molecule has 0 aliphatic carbocycles. The Morgan fingerprint density at radius 2 is 1.81 bits per heavy atom. The quantitative estimate of drug-likeness (QED) is 0.873. The van der Waals surface area contributed by atoms with Crippen molar-refractivity contribution in [3.63, 3.8) is 0 Å². The van der Waals surface area contributed by atoms with E-state index in [0.29, 0.717) is 18.8 Å². The SMILES string of the molecule is CC(=O)Nc1ccc(S(=O)(=O)N2CCCC(Oc3ccccc3)C2)cc1. The summed E-state index contributed by atoms with van der Waals surface area (Å²) in [6, 6.07) is 15.7. The van der Waals surface area contributed by atoms with Crippen molar-refractivity contribution in [3.05, 3.63) is 54.6 Å². The highest BCUT2D eigenvalue weighted by atomic mass is 32.2. The molecule has 1 fully saturated rings. The number of anilines is 1. The minimum absolute atomic E-state index is 0.167. The number of sulfonamides is 1. The summed E-state index contributed by atoms with van der Waals surface area (Å²) in [5, 5.41) is 2.63. The first kappa shape index (κ1) is 18.4. The summed E-state index contributed by atoms with van der Waals surface area (Å²) in [5.74, 6) is 0.550. The second-order valence-corrected chi connectivity index (χ2v) is 8.20. The van der Waals surface area contributed by atoms with Crippen LogP contribution in [-0.4, -0.2) is 37.8 Å². The zero-order valence-corrected chi connectivity index (χ0v) is 15.4. The van der Waals surface area contributed by atoms with Crippen molar-refractivity contribution in [2.45, 2.75) is 30.8 Å². The molecule has 3 rings (SSSR count). The molecule has 1 atom stereocenters. The zero-order valence-electron chi connectivity index (χ0n) is 14.6. The molecule has 1 aliphatic heterocycles. The fraction of sp³-hybridized carbons (Fsp3) is 0.316. The second kappa shape index (κ2) is 7.88. The van der Waals surface area contributed by atoms with Gasteiger partial charge in [0, 0.05) is 19.2 Å². The summed E-state index contributed by atoms with van der Waals surface area (Å²) >= 11 is 0. The van der Waals surface area contributed by atoms with Gasteiger partial charge in [0.1, 0.15) is 11.9 Å². The van der Waals surface area contributed by atoms with E-state index < -0.39 is 10.0 Å². The van der Waals surface area contributed by atoms with Crippen molar-refractivity contribution < 1.29 is 17.9 Å². The molecular formula is C19H22N2O4S. The van der Waals surface area contributed by atoms with E-state index in [4.69, 9.17) is 4.74 Å². The van der Waals surface area contributed by atoms with Gasteiger partial charge in [0.05, 0.1) is 11.4 Å². The standard InChI is InChI=1S/C19H22N2O4S/c1-15(22)20-16-9-11-19(12-10-16)26(23,24)21-13-5-8-18(14-21)25-17-6-3-2-4-7-17/h2-4,6-7,9-12,18H,5,8,13-14H2,1H3,(H,20,22). The average Bonchev–Trinajstić information content (AvgIpc) is 2.63. The van der Waals surface area contributed by atoms with E-state index in [0.717, 1.165) is 18.6 Å². The van der Waals surface area contributed by atoms with Gasteiger partial charge >= 0.3 is 0 Å². The van der Waals surface area contributed by atoms with Crippen molar-refractivity contribution in [3.8, 4) is 5.75 Å². The van der Waals surface area contributed by atoms with Gasteiger partial charge in [-0.2, -0.15) is 4.31 Å². The monoisotopic (exact) mass is 374 g/mol. The van der Waals surface area contributed by atoms with Crippen LogP contribution < -0.4 is 10.1 Å². The Labute approximate surface area is 153 Å². The molecule has 1 unspecified atom stereocenters. The molecule has 1 heterocycles. The van der Waals surface area contributed by atoms with Gasteiger partial charge in [-0.15, -0.1) is 0 Å². The highest BCUT2D eigenvalue weighted by Crippen LogP contribution is 2.24. The third-order valence-corrected chi connectivity index (χ3v) is 6.08. The van der Waals surface area contributed by atoms with Gasteiger partial charge in [-0.3, -0.25) is 4.79 Å². The highest BCUT2D eigenvalue weighted by molar-refractivity contribution is 7.89. The maximum Gasteiger partial charge on any atom is 0.243 e. The number of hydrogen-bond acceptors (Lipinski definition) is 4. The van der Waals surface area contributed by atoms with Gasteiger partial charge in [-0.1, -0.05) is 18.2 Å². The summed E-state index contributed by atoms with van der Waals surface area (Å²) in [4.78, 5) is 11.3. The van der Waals surface area contributed by atoms with Crippen molar-refractivity contribution in [2.75, 3.05) is 18.4 Å². The third kappa shape index (κ3) is 4.42. The number of rotatable bonds is 5. The Bertz CT molecular complexity index is 851. The first-order valence-electron chi connectivity index (χ1n) is 8.54. The number of carbonyl (C=O) groups excluding carboxylic acids is 1. The van der Waals surface area contributed by atoms with Gasteiger partial charge in [0.15, 0.2) is 0 Å². The summed E-state index contributed by atoms with van der Waals surface area (Å²) in [7, 11) is -3.59. The number of amides is 1. The van der Waals surface area contributed by atoms with E-state index in [1.165, 1.54) is 23.4 Å². The first-order valence-corrected chi connectivity index (χ1v) is 9.99. The van der Waals surface area contributed by atoms with Crippen LogP contribution >= 0.6 is 0 Å². The van der Waals surface area contributed by atoms with Crippen molar-refractivity contribution in [1.82, 2.24) is 4.31 Å². The third-order valence-electron chi connectivity index (χ3n) is 4.20.